The number of carbonyl (C=O) groups excluding carboxylic acids is 1. The Balaban J connectivity index is 2.09. The average Bonchev–Trinajstić information content (AvgIpc) is 2.41. The number of amides is 1. The predicted molar refractivity (Wildman–Crippen MR) is 79.4 cm³/mol. The largest absolute Gasteiger partial charge is 0.327 e. The molecule has 3 N–H and O–H groups in total. The van der Waals surface area contributed by atoms with Crippen LogP contribution in [-0.2, 0) is 4.79 Å². The molecule has 1 aromatic rings. The number of hydrogen-bond donors (Lipinski definition) is 2. The van der Waals surface area contributed by atoms with Gasteiger partial charge in [0.15, 0.2) is 0 Å². The fraction of sp³-hybridized carbons (Fsp3) is 0.462. The molecular weight excluding hydrogens is 326 g/mol. The standard InChI is InChI=1S/C13H16BrN3O3/c14-10-7-8(17(19)20)5-6-12(10)16-13(18)9-3-1-2-4-11(9)15/h5-7,9,11H,1-4,15H2,(H,16,18). The number of carbonyl (C=O) groups is 1. The van der Waals surface area contributed by atoms with E-state index in [-0.39, 0.29) is 23.6 Å². The number of anilines is 1. The molecule has 2 rings (SSSR count). The average molecular weight is 342 g/mol. The molecule has 2 unspecified atom stereocenters. The molecule has 20 heavy (non-hydrogen) atoms. The van der Waals surface area contributed by atoms with Gasteiger partial charge in [-0.25, -0.2) is 0 Å². The third-order valence-corrected chi connectivity index (χ3v) is 4.23. The summed E-state index contributed by atoms with van der Waals surface area (Å²) >= 11 is 3.23. The first-order chi connectivity index (χ1) is 9.49. The smallest absolute Gasteiger partial charge is 0.270 e. The Morgan fingerprint density at radius 1 is 1.40 bits per heavy atom. The number of nitrogens with zero attached hydrogens (tertiary/aromatic N) is 1. The van der Waals surface area contributed by atoms with E-state index < -0.39 is 4.92 Å². The van der Waals surface area contributed by atoms with Gasteiger partial charge in [0.2, 0.25) is 5.91 Å². The normalized spacial score (nSPS) is 22.3. The highest BCUT2D eigenvalue weighted by Gasteiger charge is 2.28. The molecule has 2 atom stereocenters. The third-order valence-electron chi connectivity index (χ3n) is 3.58. The fourth-order valence-electron chi connectivity index (χ4n) is 2.43. The summed E-state index contributed by atoms with van der Waals surface area (Å²) in [5.41, 5.74) is 6.48. The van der Waals surface area contributed by atoms with Gasteiger partial charge < -0.3 is 11.1 Å². The highest BCUT2D eigenvalue weighted by molar-refractivity contribution is 9.10. The van der Waals surface area contributed by atoms with Crippen LogP contribution in [0.5, 0.6) is 0 Å². The summed E-state index contributed by atoms with van der Waals surface area (Å²) in [6.07, 6.45) is 3.72. The van der Waals surface area contributed by atoms with E-state index in [2.05, 4.69) is 21.2 Å². The molecule has 108 valence electrons. The maximum absolute atomic E-state index is 12.2. The zero-order chi connectivity index (χ0) is 14.7. The molecule has 1 fully saturated rings. The zero-order valence-electron chi connectivity index (χ0n) is 10.8. The van der Waals surface area contributed by atoms with Crippen molar-refractivity contribution in [2.75, 3.05) is 5.32 Å². The Labute approximate surface area is 125 Å². The van der Waals surface area contributed by atoms with Gasteiger partial charge in [0.1, 0.15) is 0 Å². The number of nitro groups is 1. The molecule has 1 aromatic carbocycles. The van der Waals surface area contributed by atoms with E-state index in [1.54, 1.807) is 0 Å². The Morgan fingerprint density at radius 3 is 2.70 bits per heavy atom. The van der Waals surface area contributed by atoms with Gasteiger partial charge in [0.05, 0.1) is 16.5 Å². The molecule has 6 nitrogen and oxygen atoms in total. The number of hydrogen-bond acceptors (Lipinski definition) is 4. The van der Waals surface area contributed by atoms with E-state index in [1.807, 2.05) is 0 Å². The minimum Gasteiger partial charge on any atom is -0.327 e. The molecule has 1 saturated carbocycles. The van der Waals surface area contributed by atoms with Crippen molar-refractivity contribution in [2.45, 2.75) is 31.7 Å². The molecule has 0 heterocycles. The summed E-state index contributed by atoms with van der Waals surface area (Å²) in [6.45, 7) is 0. The van der Waals surface area contributed by atoms with E-state index in [1.165, 1.54) is 18.2 Å². The van der Waals surface area contributed by atoms with Crippen molar-refractivity contribution in [2.24, 2.45) is 11.7 Å². The van der Waals surface area contributed by atoms with Crippen LogP contribution in [-0.4, -0.2) is 16.9 Å². The molecule has 1 amide bonds. The topological polar surface area (TPSA) is 98.3 Å². The van der Waals surface area contributed by atoms with Gasteiger partial charge in [-0.1, -0.05) is 12.8 Å². The molecule has 7 heteroatoms. The highest BCUT2D eigenvalue weighted by atomic mass is 79.9. The van der Waals surface area contributed by atoms with Crippen LogP contribution in [0.2, 0.25) is 0 Å². The number of non-ortho nitro benzene ring substituents is 1. The lowest BCUT2D eigenvalue weighted by atomic mass is 9.84. The molecule has 0 saturated heterocycles. The monoisotopic (exact) mass is 341 g/mol. The summed E-state index contributed by atoms with van der Waals surface area (Å²) in [5.74, 6) is -0.308. The third kappa shape index (κ3) is 3.34. The molecule has 1 aliphatic rings. The van der Waals surface area contributed by atoms with Crippen LogP contribution in [0.1, 0.15) is 25.7 Å². The number of benzene rings is 1. The quantitative estimate of drug-likeness (QED) is 0.652. The van der Waals surface area contributed by atoms with E-state index in [0.29, 0.717) is 10.2 Å². The van der Waals surface area contributed by atoms with E-state index in [4.69, 9.17) is 5.73 Å². The van der Waals surface area contributed by atoms with Crippen LogP contribution >= 0.6 is 15.9 Å². The van der Waals surface area contributed by atoms with Crippen LogP contribution in [0.25, 0.3) is 0 Å². The molecule has 0 aromatic heterocycles. The lowest BCUT2D eigenvalue weighted by Crippen LogP contribution is -2.40. The van der Waals surface area contributed by atoms with Crippen LogP contribution in [0.15, 0.2) is 22.7 Å². The van der Waals surface area contributed by atoms with Crippen molar-refractivity contribution >= 4 is 33.2 Å². The minimum atomic E-state index is -0.479. The summed E-state index contributed by atoms with van der Waals surface area (Å²) < 4.78 is 0.490. The van der Waals surface area contributed by atoms with Crippen molar-refractivity contribution in [3.63, 3.8) is 0 Å². The Kier molecular flexibility index (Phi) is 4.72. The van der Waals surface area contributed by atoms with Crippen molar-refractivity contribution in [3.8, 4) is 0 Å². The van der Waals surface area contributed by atoms with Crippen molar-refractivity contribution < 1.29 is 9.72 Å². The second-order valence-electron chi connectivity index (χ2n) is 4.97. The van der Waals surface area contributed by atoms with Crippen LogP contribution in [0.3, 0.4) is 0 Å². The number of nitrogens with one attached hydrogen (secondary N) is 1. The first kappa shape index (κ1) is 14.9. The zero-order valence-corrected chi connectivity index (χ0v) is 12.4. The second-order valence-corrected chi connectivity index (χ2v) is 5.82. The molecule has 0 radical (unpaired) electrons. The van der Waals surface area contributed by atoms with Gasteiger partial charge >= 0.3 is 0 Å². The van der Waals surface area contributed by atoms with Crippen LogP contribution < -0.4 is 11.1 Å². The maximum Gasteiger partial charge on any atom is 0.270 e. The lowest BCUT2D eigenvalue weighted by Gasteiger charge is -2.27. The predicted octanol–water partition coefficient (Wildman–Crippen LogP) is 2.81. The van der Waals surface area contributed by atoms with Gasteiger partial charge in [-0.3, -0.25) is 14.9 Å². The summed E-state index contributed by atoms with van der Waals surface area (Å²) in [5, 5.41) is 13.4. The fourth-order valence-corrected chi connectivity index (χ4v) is 2.90. The lowest BCUT2D eigenvalue weighted by molar-refractivity contribution is -0.384. The first-order valence-corrected chi connectivity index (χ1v) is 7.28. The number of halogens is 1. The second kappa shape index (κ2) is 6.32. The number of rotatable bonds is 3. The Bertz CT molecular complexity index is 536. The van der Waals surface area contributed by atoms with Crippen molar-refractivity contribution in [3.05, 3.63) is 32.8 Å². The van der Waals surface area contributed by atoms with E-state index in [0.717, 1.165) is 25.7 Å². The van der Waals surface area contributed by atoms with Crippen LogP contribution in [0, 0.1) is 16.0 Å². The number of nitrogens with two attached hydrogens (primary N) is 1. The summed E-state index contributed by atoms with van der Waals surface area (Å²) in [6, 6.07) is 4.15. The van der Waals surface area contributed by atoms with Gasteiger partial charge in [0, 0.05) is 22.6 Å². The van der Waals surface area contributed by atoms with E-state index >= 15 is 0 Å². The molecule has 0 spiro atoms. The van der Waals surface area contributed by atoms with Crippen molar-refractivity contribution in [1.82, 2.24) is 0 Å². The maximum atomic E-state index is 12.2. The van der Waals surface area contributed by atoms with Gasteiger partial charge in [0.25, 0.3) is 5.69 Å². The SMILES string of the molecule is NC1CCCCC1C(=O)Nc1ccc([N+](=O)[O-])cc1Br. The van der Waals surface area contributed by atoms with Gasteiger partial charge in [-0.2, -0.15) is 0 Å². The Hall–Kier alpha value is -1.47. The molecule has 0 aliphatic heterocycles. The highest BCUT2D eigenvalue weighted by Crippen LogP contribution is 2.29. The van der Waals surface area contributed by atoms with Gasteiger partial charge in [-0.05, 0) is 34.8 Å². The van der Waals surface area contributed by atoms with E-state index in [9.17, 15) is 14.9 Å². The van der Waals surface area contributed by atoms with Crippen molar-refractivity contribution in [1.29, 1.82) is 0 Å². The van der Waals surface area contributed by atoms with Crippen LogP contribution in [0.4, 0.5) is 11.4 Å². The van der Waals surface area contributed by atoms with Gasteiger partial charge in [-0.15, -0.1) is 0 Å². The molecular formula is C13H16BrN3O3. The summed E-state index contributed by atoms with van der Waals surface area (Å²) in [7, 11) is 0. The minimum absolute atomic E-state index is 0.0239. The molecule has 1 aliphatic carbocycles. The molecule has 0 bridgehead atoms. The first-order valence-electron chi connectivity index (χ1n) is 6.49. The Morgan fingerprint density at radius 2 is 2.10 bits per heavy atom. The summed E-state index contributed by atoms with van der Waals surface area (Å²) in [4.78, 5) is 22.4. The number of nitro benzene ring substituents is 1.